The monoisotopic (exact) mass is 277 g/mol. The molecule has 0 spiro atoms. The molecule has 1 aliphatic carbocycles. The minimum atomic E-state index is 0.0322. The van der Waals surface area contributed by atoms with Gasteiger partial charge in [-0.3, -0.25) is 0 Å². The van der Waals surface area contributed by atoms with Crippen molar-refractivity contribution in [1.29, 1.82) is 0 Å². The van der Waals surface area contributed by atoms with Crippen LogP contribution in [0.5, 0.6) is 5.88 Å². The first-order valence-corrected chi connectivity index (χ1v) is 7.13. The summed E-state index contributed by atoms with van der Waals surface area (Å²) in [5.74, 6) is 1.88. The molecule has 0 aromatic carbocycles. The molecular weight excluding hydrogens is 254 g/mol. The maximum Gasteiger partial charge on any atom is 0.225 e. The van der Waals surface area contributed by atoms with Gasteiger partial charge < -0.3 is 15.7 Å². The van der Waals surface area contributed by atoms with E-state index in [4.69, 9.17) is 15.7 Å². The SMILES string of the molecule is Cc1ccc(C(N)=NO)c(OC2CCC(C)C(C)C2)n1. The Morgan fingerprint density at radius 1 is 1.35 bits per heavy atom. The van der Waals surface area contributed by atoms with E-state index in [1.54, 1.807) is 6.07 Å². The third-order valence-electron chi connectivity index (χ3n) is 4.21. The average Bonchev–Trinajstić information content (AvgIpc) is 2.42. The van der Waals surface area contributed by atoms with Gasteiger partial charge in [0.2, 0.25) is 5.88 Å². The van der Waals surface area contributed by atoms with Gasteiger partial charge in [-0.25, -0.2) is 4.98 Å². The van der Waals surface area contributed by atoms with Crippen molar-refractivity contribution in [2.24, 2.45) is 22.7 Å². The molecule has 1 saturated carbocycles. The van der Waals surface area contributed by atoms with Gasteiger partial charge in [-0.15, -0.1) is 0 Å². The van der Waals surface area contributed by atoms with Crippen LogP contribution >= 0.6 is 0 Å². The number of hydrogen-bond donors (Lipinski definition) is 2. The number of pyridine rings is 1. The van der Waals surface area contributed by atoms with Crippen LogP contribution in [0.4, 0.5) is 0 Å². The summed E-state index contributed by atoms with van der Waals surface area (Å²) in [7, 11) is 0. The summed E-state index contributed by atoms with van der Waals surface area (Å²) in [5.41, 5.74) is 7.08. The van der Waals surface area contributed by atoms with Gasteiger partial charge in [-0.1, -0.05) is 19.0 Å². The smallest absolute Gasteiger partial charge is 0.225 e. The van der Waals surface area contributed by atoms with Crippen LogP contribution in [0.1, 0.15) is 44.4 Å². The molecule has 5 heteroatoms. The molecule has 1 aliphatic rings. The highest BCUT2D eigenvalue weighted by molar-refractivity contribution is 5.99. The van der Waals surface area contributed by atoms with Crippen LogP contribution in [0.2, 0.25) is 0 Å². The number of oxime groups is 1. The molecular formula is C15H23N3O2. The number of aryl methyl sites for hydroxylation is 1. The largest absolute Gasteiger partial charge is 0.474 e. The highest BCUT2D eigenvalue weighted by Gasteiger charge is 2.27. The van der Waals surface area contributed by atoms with Crippen LogP contribution < -0.4 is 10.5 Å². The van der Waals surface area contributed by atoms with Gasteiger partial charge in [0, 0.05) is 5.69 Å². The molecule has 3 unspecified atom stereocenters. The molecule has 1 aromatic rings. The van der Waals surface area contributed by atoms with E-state index in [1.165, 1.54) is 0 Å². The van der Waals surface area contributed by atoms with Gasteiger partial charge >= 0.3 is 0 Å². The first kappa shape index (κ1) is 14.6. The number of ether oxygens (including phenoxy) is 1. The Balaban J connectivity index is 2.18. The van der Waals surface area contributed by atoms with Gasteiger partial charge in [-0.2, -0.15) is 0 Å². The Morgan fingerprint density at radius 2 is 2.10 bits per heavy atom. The first-order valence-electron chi connectivity index (χ1n) is 7.13. The number of amidine groups is 1. The lowest BCUT2D eigenvalue weighted by Gasteiger charge is -2.32. The third-order valence-corrected chi connectivity index (χ3v) is 4.21. The van der Waals surface area contributed by atoms with Crippen LogP contribution in [0.15, 0.2) is 17.3 Å². The van der Waals surface area contributed by atoms with Gasteiger partial charge in [-0.05, 0) is 50.2 Å². The summed E-state index contributed by atoms with van der Waals surface area (Å²) >= 11 is 0. The van der Waals surface area contributed by atoms with Crippen LogP contribution in [-0.2, 0) is 0 Å². The lowest BCUT2D eigenvalue weighted by molar-refractivity contribution is 0.0961. The molecule has 110 valence electrons. The molecule has 5 nitrogen and oxygen atoms in total. The molecule has 1 heterocycles. The Labute approximate surface area is 119 Å². The standard InChI is InChI=1S/C15H23N3O2/c1-9-4-6-12(8-10(9)2)20-15-13(14(16)18-19)7-5-11(3)17-15/h5,7,9-10,12,19H,4,6,8H2,1-3H3,(H2,16,18). The molecule has 0 radical (unpaired) electrons. The maximum atomic E-state index is 8.84. The number of hydrogen-bond acceptors (Lipinski definition) is 4. The van der Waals surface area contributed by atoms with E-state index in [-0.39, 0.29) is 11.9 Å². The van der Waals surface area contributed by atoms with E-state index in [2.05, 4.69) is 24.0 Å². The molecule has 0 bridgehead atoms. The highest BCUT2D eigenvalue weighted by atomic mass is 16.5. The van der Waals surface area contributed by atoms with Gasteiger partial charge in [0.25, 0.3) is 0 Å². The molecule has 3 N–H and O–H groups in total. The van der Waals surface area contributed by atoms with Crippen LogP contribution in [0.3, 0.4) is 0 Å². The van der Waals surface area contributed by atoms with E-state index >= 15 is 0 Å². The summed E-state index contributed by atoms with van der Waals surface area (Å²) < 4.78 is 6.03. The summed E-state index contributed by atoms with van der Waals surface area (Å²) in [6, 6.07) is 3.60. The van der Waals surface area contributed by atoms with Gasteiger partial charge in [0.1, 0.15) is 6.10 Å². The fourth-order valence-corrected chi connectivity index (χ4v) is 2.63. The zero-order valence-electron chi connectivity index (χ0n) is 12.3. The number of rotatable bonds is 3. The first-order chi connectivity index (χ1) is 9.51. The van der Waals surface area contributed by atoms with Crippen molar-refractivity contribution >= 4 is 5.84 Å². The second-order valence-corrected chi connectivity index (χ2v) is 5.80. The van der Waals surface area contributed by atoms with Crippen molar-refractivity contribution in [2.75, 3.05) is 0 Å². The maximum absolute atomic E-state index is 8.84. The van der Waals surface area contributed by atoms with Crippen molar-refractivity contribution in [3.05, 3.63) is 23.4 Å². The zero-order valence-corrected chi connectivity index (χ0v) is 12.3. The molecule has 2 rings (SSSR count). The topological polar surface area (TPSA) is 80.7 Å². The predicted molar refractivity (Wildman–Crippen MR) is 78.1 cm³/mol. The minimum absolute atomic E-state index is 0.0322. The average molecular weight is 277 g/mol. The van der Waals surface area contributed by atoms with Crippen molar-refractivity contribution in [3.63, 3.8) is 0 Å². The normalized spacial score (nSPS) is 27.4. The van der Waals surface area contributed by atoms with E-state index < -0.39 is 0 Å². The van der Waals surface area contributed by atoms with Gasteiger partial charge in [0.15, 0.2) is 5.84 Å². The van der Waals surface area contributed by atoms with Crippen LogP contribution in [-0.4, -0.2) is 22.1 Å². The quantitative estimate of drug-likeness (QED) is 0.385. The molecule has 0 saturated heterocycles. The van der Waals surface area contributed by atoms with E-state index in [9.17, 15) is 0 Å². The summed E-state index contributed by atoms with van der Waals surface area (Å²) in [5, 5.41) is 11.9. The predicted octanol–water partition coefficient (Wildman–Crippen LogP) is 2.69. The summed E-state index contributed by atoms with van der Waals surface area (Å²) in [4.78, 5) is 4.39. The number of nitrogens with zero attached hydrogens (tertiary/aromatic N) is 2. The minimum Gasteiger partial charge on any atom is -0.474 e. The molecule has 0 amide bonds. The second-order valence-electron chi connectivity index (χ2n) is 5.80. The van der Waals surface area contributed by atoms with Crippen LogP contribution in [0, 0.1) is 18.8 Å². The third kappa shape index (κ3) is 3.21. The van der Waals surface area contributed by atoms with E-state index in [0.29, 0.717) is 17.4 Å². The Kier molecular flexibility index (Phi) is 4.47. The van der Waals surface area contributed by atoms with Crippen LogP contribution in [0.25, 0.3) is 0 Å². The summed E-state index contributed by atoms with van der Waals surface area (Å²) in [6.45, 7) is 6.44. The Morgan fingerprint density at radius 3 is 2.75 bits per heavy atom. The fraction of sp³-hybridized carbons (Fsp3) is 0.600. The highest BCUT2D eigenvalue weighted by Crippen LogP contribution is 2.32. The lowest BCUT2D eigenvalue weighted by atomic mass is 9.80. The fourth-order valence-electron chi connectivity index (χ4n) is 2.63. The second kappa shape index (κ2) is 6.11. The van der Waals surface area contributed by atoms with Crippen molar-refractivity contribution in [3.8, 4) is 5.88 Å². The lowest BCUT2D eigenvalue weighted by Crippen LogP contribution is -2.30. The molecule has 1 fully saturated rings. The number of aromatic nitrogens is 1. The molecule has 1 aromatic heterocycles. The van der Waals surface area contributed by atoms with Crippen molar-refractivity contribution < 1.29 is 9.94 Å². The molecule has 20 heavy (non-hydrogen) atoms. The summed E-state index contributed by atoms with van der Waals surface area (Å²) in [6.07, 6.45) is 3.36. The zero-order chi connectivity index (χ0) is 14.7. The molecule has 0 aliphatic heterocycles. The number of nitrogens with two attached hydrogens (primary N) is 1. The molecule has 3 atom stereocenters. The van der Waals surface area contributed by atoms with Crippen molar-refractivity contribution in [1.82, 2.24) is 4.98 Å². The Hall–Kier alpha value is -1.78. The van der Waals surface area contributed by atoms with E-state index in [1.807, 2.05) is 13.0 Å². The van der Waals surface area contributed by atoms with Gasteiger partial charge in [0.05, 0.1) is 5.56 Å². The Bertz CT molecular complexity index is 502. The van der Waals surface area contributed by atoms with E-state index in [0.717, 1.165) is 30.9 Å². The van der Waals surface area contributed by atoms with Crippen molar-refractivity contribution in [2.45, 2.75) is 46.1 Å².